The van der Waals surface area contributed by atoms with E-state index in [0.717, 1.165) is 23.4 Å². The van der Waals surface area contributed by atoms with Crippen molar-refractivity contribution in [1.82, 2.24) is 0 Å². The van der Waals surface area contributed by atoms with Gasteiger partial charge < -0.3 is 10.1 Å². The molecule has 3 nitrogen and oxygen atoms in total. The van der Waals surface area contributed by atoms with Crippen LogP contribution in [0.1, 0.15) is 27.0 Å². The molecule has 2 aromatic rings. The molecule has 1 N–H and O–H groups in total. The van der Waals surface area contributed by atoms with Crippen LogP contribution in [0, 0.1) is 6.92 Å². The van der Waals surface area contributed by atoms with E-state index in [0.29, 0.717) is 5.56 Å². The highest BCUT2D eigenvalue weighted by Crippen LogP contribution is 2.35. The number of hydrogen-bond acceptors (Lipinski definition) is 3. The lowest BCUT2D eigenvalue weighted by Gasteiger charge is -2.23. The van der Waals surface area contributed by atoms with Crippen LogP contribution in [0.3, 0.4) is 0 Å². The summed E-state index contributed by atoms with van der Waals surface area (Å²) in [5.41, 5.74) is 6.10. The molecule has 19 heavy (non-hydrogen) atoms. The van der Waals surface area contributed by atoms with E-state index >= 15 is 0 Å². The lowest BCUT2D eigenvalue weighted by molar-refractivity contribution is 0.0602. The SMILES string of the molecule is COC(=O)c1cccc2c1Nc1cc(C)ccc1C2. The fourth-order valence-electron chi connectivity index (χ4n) is 2.48. The molecule has 3 rings (SSSR count). The van der Waals surface area contributed by atoms with Crippen LogP contribution in [0.25, 0.3) is 0 Å². The Balaban J connectivity index is 2.10. The first-order chi connectivity index (χ1) is 9.19. The zero-order valence-corrected chi connectivity index (χ0v) is 11.0. The highest BCUT2D eigenvalue weighted by Gasteiger charge is 2.20. The molecular weight excluding hydrogens is 238 g/mol. The van der Waals surface area contributed by atoms with Gasteiger partial charge in [0.25, 0.3) is 0 Å². The van der Waals surface area contributed by atoms with Crippen molar-refractivity contribution in [2.75, 3.05) is 12.4 Å². The van der Waals surface area contributed by atoms with E-state index in [1.807, 2.05) is 12.1 Å². The van der Waals surface area contributed by atoms with E-state index in [2.05, 4.69) is 30.4 Å². The number of fused-ring (bicyclic) bond motifs is 2. The van der Waals surface area contributed by atoms with Crippen molar-refractivity contribution in [3.8, 4) is 0 Å². The van der Waals surface area contributed by atoms with Gasteiger partial charge in [0.1, 0.15) is 0 Å². The molecule has 0 bridgehead atoms. The lowest BCUT2D eigenvalue weighted by Crippen LogP contribution is -2.13. The molecule has 96 valence electrons. The van der Waals surface area contributed by atoms with Crippen molar-refractivity contribution in [2.45, 2.75) is 13.3 Å². The zero-order chi connectivity index (χ0) is 13.4. The normalized spacial score (nSPS) is 12.1. The van der Waals surface area contributed by atoms with Gasteiger partial charge in [0.2, 0.25) is 0 Å². The first-order valence-corrected chi connectivity index (χ1v) is 6.26. The van der Waals surface area contributed by atoms with E-state index in [1.165, 1.54) is 18.2 Å². The van der Waals surface area contributed by atoms with Gasteiger partial charge in [-0.15, -0.1) is 0 Å². The molecule has 0 atom stereocenters. The molecule has 0 radical (unpaired) electrons. The van der Waals surface area contributed by atoms with Gasteiger partial charge in [0, 0.05) is 12.1 Å². The fourth-order valence-corrected chi connectivity index (χ4v) is 2.48. The second-order valence-corrected chi connectivity index (χ2v) is 4.79. The molecular formula is C16H15NO2. The van der Waals surface area contributed by atoms with Crippen molar-refractivity contribution < 1.29 is 9.53 Å². The smallest absolute Gasteiger partial charge is 0.339 e. The average Bonchev–Trinajstić information content (AvgIpc) is 2.43. The largest absolute Gasteiger partial charge is 0.465 e. The molecule has 0 amide bonds. The highest BCUT2D eigenvalue weighted by atomic mass is 16.5. The number of ether oxygens (including phenoxy) is 1. The molecule has 1 aliphatic heterocycles. The third-order valence-corrected chi connectivity index (χ3v) is 3.46. The summed E-state index contributed by atoms with van der Waals surface area (Å²) in [7, 11) is 1.41. The molecule has 0 spiro atoms. The number of carbonyl (C=O) groups is 1. The number of esters is 1. The molecule has 0 aromatic heterocycles. The summed E-state index contributed by atoms with van der Waals surface area (Å²) in [5.74, 6) is -0.305. The van der Waals surface area contributed by atoms with Crippen LogP contribution in [-0.4, -0.2) is 13.1 Å². The number of methoxy groups -OCH3 is 1. The second kappa shape index (κ2) is 4.43. The van der Waals surface area contributed by atoms with Crippen LogP contribution in [0.2, 0.25) is 0 Å². The number of aryl methyl sites for hydroxylation is 1. The quantitative estimate of drug-likeness (QED) is 0.675. The van der Waals surface area contributed by atoms with Crippen LogP contribution in [0.15, 0.2) is 36.4 Å². The van der Waals surface area contributed by atoms with Crippen molar-refractivity contribution in [1.29, 1.82) is 0 Å². The number of carbonyl (C=O) groups excluding carboxylic acids is 1. The summed E-state index contributed by atoms with van der Waals surface area (Å²) in [6.07, 6.45) is 0.836. The van der Waals surface area contributed by atoms with E-state index < -0.39 is 0 Å². The van der Waals surface area contributed by atoms with Gasteiger partial charge in [-0.1, -0.05) is 24.3 Å². The number of para-hydroxylation sites is 1. The van der Waals surface area contributed by atoms with Crippen molar-refractivity contribution in [3.05, 3.63) is 58.7 Å². The molecule has 0 saturated carbocycles. The van der Waals surface area contributed by atoms with Crippen molar-refractivity contribution in [3.63, 3.8) is 0 Å². The molecule has 3 heteroatoms. The molecule has 1 aliphatic rings. The first-order valence-electron chi connectivity index (χ1n) is 6.26. The van der Waals surface area contributed by atoms with Gasteiger partial charge >= 0.3 is 5.97 Å². The lowest BCUT2D eigenvalue weighted by atomic mass is 9.94. The Kier molecular flexibility index (Phi) is 2.75. The summed E-state index contributed by atoms with van der Waals surface area (Å²) < 4.78 is 4.84. The molecule has 1 heterocycles. The third-order valence-electron chi connectivity index (χ3n) is 3.46. The minimum absolute atomic E-state index is 0.305. The van der Waals surface area contributed by atoms with Crippen LogP contribution >= 0.6 is 0 Å². The minimum atomic E-state index is -0.305. The Bertz CT molecular complexity index is 662. The molecule has 0 aliphatic carbocycles. The van der Waals surface area contributed by atoms with Crippen LogP contribution in [0.4, 0.5) is 11.4 Å². The number of anilines is 2. The Hall–Kier alpha value is -2.29. The predicted molar refractivity (Wildman–Crippen MR) is 75.0 cm³/mol. The average molecular weight is 253 g/mol. The number of nitrogens with one attached hydrogen (secondary N) is 1. The minimum Gasteiger partial charge on any atom is -0.465 e. The molecule has 2 aromatic carbocycles. The van der Waals surface area contributed by atoms with Gasteiger partial charge in [-0.25, -0.2) is 4.79 Å². The van der Waals surface area contributed by atoms with Gasteiger partial charge in [0.05, 0.1) is 18.4 Å². The van der Waals surface area contributed by atoms with Crippen LogP contribution in [-0.2, 0) is 11.2 Å². The summed E-state index contributed by atoms with van der Waals surface area (Å²) in [6.45, 7) is 2.06. The molecule has 0 unspecified atom stereocenters. The maximum Gasteiger partial charge on any atom is 0.339 e. The summed E-state index contributed by atoms with van der Waals surface area (Å²) >= 11 is 0. The van der Waals surface area contributed by atoms with Crippen LogP contribution in [0.5, 0.6) is 0 Å². The highest BCUT2D eigenvalue weighted by molar-refractivity contribution is 5.98. The van der Waals surface area contributed by atoms with E-state index in [1.54, 1.807) is 6.07 Å². The van der Waals surface area contributed by atoms with Crippen molar-refractivity contribution >= 4 is 17.3 Å². The summed E-state index contributed by atoms with van der Waals surface area (Å²) in [6, 6.07) is 12.1. The van der Waals surface area contributed by atoms with E-state index in [-0.39, 0.29) is 5.97 Å². The predicted octanol–water partition coefficient (Wildman–Crippen LogP) is 3.43. The zero-order valence-electron chi connectivity index (χ0n) is 11.0. The standard InChI is InChI=1S/C16H15NO2/c1-10-6-7-11-9-12-4-3-5-13(16(18)19-2)15(12)17-14(11)8-10/h3-8,17H,9H2,1-2H3. The van der Waals surface area contributed by atoms with Crippen molar-refractivity contribution in [2.24, 2.45) is 0 Å². The molecule has 0 fully saturated rings. The van der Waals surface area contributed by atoms with Gasteiger partial charge in [0.15, 0.2) is 0 Å². The Morgan fingerprint density at radius 1 is 1.21 bits per heavy atom. The topological polar surface area (TPSA) is 38.3 Å². The maximum absolute atomic E-state index is 11.8. The Morgan fingerprint density at radius 2 is 2.05 bits per heavy atom. The van der Waals surface area contributed by atoms with E-state index in [4.69, 9.17) is 4.74 Å². The number of hydrogen-bond donors (Lipinski definition) is 1. The number of rotatable bonds is 1. The summed E-state index contributed by atoms with van der Waals surface area (Å²) in [4.78, 5) is 11.8. The molecule has 0 saturated heterocycles. The van der Waals surface area contributed by atoms with Gasteiger partial charge in [-0.2, -0.15) is 0 Å². The van der Waals surface area contributed by atoms with Gasteiger partial charge in [-0.05, 0) is 35.7 Å². The Labute approximate surface area is 112 Å². The fraction of sp³-hybridized carbons (Fsp3) is 0.188. The second-order valence-electron chi connectivity index (χ2n) is 4.79. The van der Waals surface area contributed by atoms with E-state index in [9.17, 15) is 4.79 Å². The number of benzene rings is 2. The first kappa shape index (κ1) is 11.8. The van der Waals surface area contributed by atoms with Gasteiger partial charge in [-0.3, -0.25) is 0 Å². The maximum atomic E-state index is 11.8. The Morgan fingerprint density at radius 3 is 2.84 bits per heavy atom. The van der Waals surface area contributed by atoms with Crippen LogP contribution < -0.4 is 5.32 Å². The monoisotopic (exact) mass is 253 g/mol. The third kappa shape index (κ3) is 1.97. The summed E-state index contributed by atoms with van der Waals surface area (Å²) in [5, 5.41) is 3.36.